The van der Waals surface area contributed by atoms with Crippen LogP contribution in [-0.4, -0.2) is 22.1 Å². The standard InChI is InChI=1S/C26H23NO3S2/c1-3-30-25(28)22-24(31-17-19-10-6-4-7-11-19)23(21-16-18(2)14-15-27(21)22)32-26(29)20-12-8-5-9-13-20/h4-16H,3,17H2,1-2H3. The van der Waals surface area contributed by atoms with Crippen LogP contribution in [0.2, 0.25) is 0 Å². The van der Waals surface area contributed by atoms with Crippen LogP contribution in [0.25, 0.3) is 5.52 Å². The summed E-state index contributed by atoms with van der Waals surface area (Å²) in [6, 6.07) is 23.3. The van der Waals surface area contributed by atoms with E-state index in [1.165, 1.54) is 0 Å². The van der Waals surface area contributed by atoms with Crippen molar-refractivity contribution in [3.63, 3.8) is 0 Å². The van der Waals surface area contributed by atoms with Crippen molar-refractivity contribution >= 4 is 40.1 Å². The number of carbonyl (C=O) groups is 2. The van der Waals surface area contributed by atoms with Crippen molar-refractivity contribution in [2.24, 2.45) is 0 Å². The molecule has 0 saturated heterocycles. The van der Waals surface area contributed by atoms with Crippen LogP contribution in [0.4, 0.5) is 0 Å². The van der Waals surface area contributed by atoms with E-state index < -0.39 is 0 Å². The highest BCUT2D eigenvalue weighted by atomic mass is 32.2. The second-order valence-corrected chi connectivity index (χ2v) is 9.19. The number of pyridine rings is 1. The molecule has 4 aromatic rings. The number of nitrogens with zero attached hydrogens (tertiary/aromatic N) is 1. The van der Waals surface area contributed by atoms with Gasteiger partial charge in [-0.05, 0) is 48.9 Å². The number of esters is 1. The van der Waals surface area contributed by atoms with Crippen LogP contribution in [0.1, 0.15) is 38.9 Å². The topological polar surface area (TPSA) is 47.8 Å². The molecule has 0 amide bonds. The van der Waals surface area contributed by atoms with Crippen LogP contribution < -0.4 is 0 Å². The average Bonchev–Trinajstić information content (AvgIpc) is 3.11. The molecule has 4 rings (SSSR count). The number of aryl methyl sites for hydroxylation is 1. The lowest BCUT2D eigenvalue weighted by Gasteiger charge is -2.08. The number of thioether (sulfide) groups is 2. The van der Waals surface area contributed by atoms with Crippen LogP contribution in [0, 0.1) is 6.92 Å². The van der Waals surface area contributed by atoms with Crippen molar-refractivity contribution in [3.8, 4) is 0 Å². The SMILES string of the molecule is CCOC(=O)c1c(SCc2ccccc2)c(SC(=O)c2ccccc2)c2cc(C)ccn12. The Balaban J connectivity index is 1.83. The third-order valence-corrected chi connectivity index (χ3v) is 7.24. The number of rotatable bonds is 7. The summed E-state index contributed by atoms with van der Waals surface area (Å²) in [6.07, 6.45) is 1.88. The van der Waals surface area contributed by atoms with Crippen molar-refractivity contribution < 1.29 is 14.3 Å². The van der Waals surface area contributed by atoms with Gasteiger partial charge in [0.25, 0.3) is 0 Å². The molecule has 0 fully saturated rings. The lowest BCUT2D eigenvalue weighted by Crippen LogP contribution is -2.09. The maximum atomic E-state index is 13.1. The quantitative estimate of drug-likeness (QED) is 0.228. The first-order chi connectivity index (χ1) is 15.6. The Kier molecular flexibility index (Phi) is 7.02. The highest BCUT2D eigenvalue weighted by Crippen LogP contribution is 2.42. The number of hydrogen-bond donors (Lipinski definition) is 0. The van der Waals surface area contributed by atoms with Gasteiger partial charge in [0.15, 0.2) is 0 Å². The molecule has 0 bridgehead atoms. The maximum Gasteiger partial charge on any atom is 0.356 e. The van der Waals surface area contributed by atoms with Crippen LogP contribution in [0.5, 0.6) is 0 Å². The van der Waals surface area contributed by atoms with Gasteiger partial charge >= 0.3 is 5.97 Å². The molecule has 0 atom stereocenters. The Morgan fingerprint density at radius 1 is 0.938 bits per heavy atom. The predicted octanol–water partition coefficient (Wildman–Crippen LogP) is 6.65. The molecule has 6 heteroatoms. The van der Waals surface area contributed by atoms with Gasteiger partial charge in [-0.15, -0.1) is 11.8 Å². The molecule has 162 valence electrons. The van der Waals surface area contributed by atoms with E-state index in [0.717, 1.165) is 38.2 Å². The van der Waals surface area contributed by atoms with Gasteiger partial charge in [-0.25, -0.2) is 4.79 Å². The second-order valence-electron chi connectivity index (χ2n) is 7.22. The molecule has 2 aromatic heterocycles. The minimum absolute atomic E-state index is 0.0587. The van der Waals surface area contributed by atoms with E-state index in [0.29, 0.717) is 17.0 Å². The molecule has 0 aliphatic heterocycles. The Hall–Kier alpha value is -2.96. The van der Waals surface area contributed by atoms with E-state index in [2.05, 4.69) is 12.1 Å². The number of benzene rings is 2. The van der Waals surface area contributed by atoms with Crippen LogP contribution in [0.15, 0.2) is 88.8 Å². The zero-order valence-corrected chi connectivity index (χ0v) is 19.5. The van der Waals surface area contributed by atoms with Crippen LogP contribution in [-0.2, 0) is 10.5 Å². The highest BCUT2D eigenvalue weighted by molar-refractivity contribution is 8.14. The summed E-state index contributed by atoms with van der Waals surface area (Å²) in [6.45, 7) is 4.08. The molecule has 0 aliphatic rings. The zero-order chi connectivity index (χ0) is 22.5. The molecule has 2 aromatic carbocycles. The van der Waals surface area contributed by atoms with Crippen LogP contribution in [0.3, 0.4) is 0 Å². The monoisotopic (exact) mass is 461 g/mol. The Morgan fingerprint density at radius 2 is 1.62 bits per heavy atom. The third kappa shape index (κ3) is 4.76. The number of hydrogen-bond acceptors (Lipinski definition) is 5. The van der Waals surface area contributed by atoms with E-state index in [-0.39, 0.29) is 17.7 Å². The third-order valence-electron chi connectivity index (χ3n) is 4.90. The first kappa shape index (κ1) is 22.2. The Labute approximate surface area is 196 Å². The van der Waals surface area contributed by atoms with Gasteiger partial charge in [-0.3, -0.25) is 4.79 Å². The summed E-state index contributed by atoms with van der Waals surface area (Å²) in [5, 5.41) is -0.0587. The smallest absolute Gasteiger partial charge is 0.356 e. The summed E-state index contributed by atoms with van der Waals surface area (Å²) < 4.78 is 7.24. The van der Waals surface area contributed by atoms with Gasteiger partial charge in [0, 0.05) is 17.5 Å². The summed E-state index contributed by atoms with van der Waals surface area (Å²) in [5.74, 6) is 0.289. The molecular weight excluding hydrogens is 438 g/mol. The number of aromatic nitrogens is 1. The normalized spacial score (nSPS) is 10.9. The lowest BCUT2D eigenvalue weighted by molar-refractivity contribution is 0.0513. The molecule has 2 heterocycles. The first-order valence-corrected chi connectivity index (χ1v) is 12.1. The van der Waals surface area contributed by atoms with Gasteiger partial charge in [0.2, 0.25) is 5.12 Å². The fourth-order valence-electron chi connectivity index (χ4n) is 3.39. The minimum atomic E-state index is -0.388. The van der Waals surface area contributed by atoms with Gasteiger partial charge < -0.3 is 9.14 Å². The van der Waals surface area contributed by atoms with E-state index in [4.69, 9.17) is 4.74 Å². The molecule has 4 nitrogen and oxygen atoms in total. The molecule has 0 spiro atoms. The van der Waals surface area contributed by atoms with Crippen LogP contribution >= 0.6 is 23.5 Å². The van der Waals surface area contributed by atoms with E-state index in [9.17, 15) is 9.59 Å². The fraction of sp³-hybridized carbons (Fsp3) is 0.154. The van der Waals surface area contributed by atoms with Gasteiger partial charge in [0.1, 0.15) is 5.69 Å². The number of fused-ring (bicyclic) bond motifs is 1. The number of carbonyl (C=O) groups excluding carboxylic acids is 2. The Bertz CT molecular complexity index is 1250. The van der Waals surface area contributed by atoms with E-state index in [1.54, 1.807) is 18.7 Å². The molecule has 0 unspecified atom stereocenters. The fourth-order valence-corrected chi connectivity index (χ4v) is 5.64. The largest absolute Gasteiger partial charge is 0.461 e. The summed E-state index contributed by atoms with van der Waals surface area (Å²) in [7, 11) is 0. The van der Waals surface area contributed by atoms with Crippen molar-refractivity contribution in [2.45, 2.75) is 29.4 Å². The average molecular weight is 462 g/mol. The van der Waals surface area contributed by atoms with Gasteiger partial charge in [-0.2, -0.15) is 0 Å². The van der Waals surface area contributed by atoms with Gasteiger partial charge in [-0.1, -0.05) is 60.7 Å². The summed E-state index contributed by atoms with van der Waals surface area (Å²) in [5.41, 5.74) is 4.12. The Morgan fingerprint density at radius 3 is 2.31 bits per heavy atom. The molecule has 0 N–H and O–H groups in total. The first-order valence-electron chi connectivity index (χ1n) is 10.3. The molecule has 0 radical (unpaired) electrons. The number of ether oxygens (including phenoxy) is 1. The molecular formula is C26H23NO3S2. The highest BCUT2D eigenvalue weighted by Gasteiger charge is 2.27. The maximum absolute atomic E-state index is 13.1. The second kappa shape index (κ2) is 10.1. The van der Waals surface area contributed by atoms with E-state index >= 15 is 0 Å². The van der Waals surface area contributed by atoms with Crippen molar-refractivity contribution in [1.82, 2.24) is 4.40 Å². The molecule has 0 aliphatic carbocycles. The van der Waals surface area contributed by atoms with Gasteiger partial charge in [0.05, 0.1) is 21.9 Å². The molecule has 0 saturated carbocycles. The van der Waals surface area contributed by atoms with Crippen molar-refractivity contribution in [3.05, 3.63) is 101 Å². The molecule has 32 heavy (non-hydrogen) atoms. The van der Waals surface area contributed by atoms with E-state index in [1.807, 2.05) is 78.2 Å². The van der Waals surface area contributed by atoms with Crippen molar-refractivity contribution in [2.75, 3.05) is 6.61 Å². The minimum Gasteiger partial charge on any atom is -0.461 e. The zero-order valence-electron chi connectivity index (χ0n) is 17.9. The lowest BCUT2D eigenvalue weighted by atomic mass is 10.2. The predicted molar refractivity (Wildman–Crippen MR) is 131 cm³/mol. The summed E-state index contributed by atoms with van der Waals surface area (Å²) >= 11 is 2.72. The summed E-state index contributed by atoms with van der Waals surface area (Å²) in [4.78, 5) is 27.7. The van der Waals surface area contributed by atoms with Crippen molar-refractivity contribution in [1.29, 1.82) is 0 Å².